The van der Waals surface area contributed by atoms with Crippen molar-refractivity contribution in [3.05, 3.63) is 60.3 Å². The van der Waals surface area contributed by atoms with E-state index in [0.29, 0.717) is 11.9 Å². The van der Waals surface area contributed by atoms with Crippen LogP contribution < -0.4 is 15.0 Å². The number of anilines is 3. The summed E-state index contributed by atoms with van der Waals surface area (Å²) in [5.74, 6) is 1.32. The van der Waals surface area contributed by atoms with Crippen LogP contribution in [0.25, 0.3) is 0 Å². The lowest BCUT2D eigenvalue weighted by atomic mass is 9.99. The maximum absolute atomic E-state index is 13.0. The highest BCUT2D eigenvalue weighted by molar-refractivity contribution is 7.91. The molecule has 2 fully saturated rings. The molecule has 36 heavy (non-hydrogen) atoms. The van der Waals surface area contributed by atoms with Crippen molar-refractivity contribution in [3.8, 4) is 5.75 Å². The summed E-state index contributed by atoms with van der Waals surface area (Å²) in [5.41, 5.74) is 2.96. The van der Waals surface area contributed by atoms with Gasteiger partial charge in [-0.1, -0.05) is 24.1 Å². The van der Waals surface area contributed by atoms with Gasteiger partial charge in [0.2, 0.25) is 9.84 Å². The predicted molar refractivity (Wildman–Crippen MR) is 144 cm³/mol. The Hall–Kier alpha value is -2.97. The average Bonchev–Trinajstić information content (AvgIpc) is 3.39. The Balaban J connectivity index is 1.26. The largest absolute Gasteiger partial charge is 0.494 e. The number of methoxy groups -OCH3 is 1. The maximum atomic E-state index is 13.0. The number of piperidine rings is 2. The third-order valence-corrected chi connectivity index (χ3v) is 9.24. The Morgan fingerprint density at radius 1 is 0.917 bits per heavy atom. The summed E-state index contributed by atoms with van der Waals surface area (Å²) in [4.78, 5) is 8.68. The van der Waals surface area contributed by atoms with Crippen LogP contribution in [0.15, 0.2) is 64.5 Å². The van der Waals surface area contributed by atoms with E-state index in [9.17, 15) is 8.42 Å². The lowest BCUT2D eigenvalue weighted by Crippen LogP contribution is -2.46. The summed E-state index contributed by atoms with van der Waals surface area (Å²) in [5, 5.41) is 3.29. The van der Waals surface area contributed by atoms with Crippen LogP contribution >= 0.6 is 0 Å². The molecular weight excluding hydrogens is 472 g/mol. The molecule has 2 aromatic carbocycles. The molecule has 8 heteroatoms. The summed E-state index contributed by atoms with van der Waals surface area (Å²) in [6, 6.07) is 15.4. The minimum absolute atomic E-state index is 0.223. The summed E-state index contributed by atoms with van der Waals surface area (Å²) in [6.45, 7) is 6.55. The van der Waals surface area contributed by atoms with Crippen molar-refractivity contribution in [1.29, 1.82) is 0 Å². The van der Waals surface area contributed by atoms with Gasteiger partial charge < -0.3 is 24.8 Å². The molecule has 0 atom stereocenters. The molecule has 0 unspecified atom stereocenters. The average molecular weight is 509 g/mol. The highest BCUT2D eigenvalue weighted by Crippen LogP contribution is 2.34. The van der Waals surface area contributed by atoms with E-state index < -0.39 is 9.84 Å². The van der Waals surface area contributed by atoms with Crippen LogP contribution in [-0.4, -0.2) is 57.6 Å². The first-order valence-electron chi connectivity index (χ1n) is 12.9. The first-order chi connectivity index (χ1) is 17.4. The van der Waals surface area contributed by atoms with Gasteiger partial charge in [0.15, 0.2) is 0 Å². The molecule has 0 saturated carbocycles. The van der Waals surface area contributed by atoms with Crippen LogP contribution in [0.3, 0.4) is 0 Å². The Bertz CT molecular complexity index is 1270. The number of ether oxygens (including phenoxy) is 1. The van der Waals surface area contributed by atoms with Crippen molar-refractivity contribution in [1.82, 2.24) is 9.88 Å². The molecular formula is C28H36N4O3S. The van der Waals surface area contributed by atoms with Gasteiger partial charge in [0.25, 0.3) is 0 Å². The summed E-state index contributed by atoms with van der Waals surface area (Å²) in [7, 11) is -1.93. The SMILES string of the molecule is COc1cc(N2CCC(N3CCCCC3)CC2)ccc1Nc1cc(S(=O)(=O)c2ccc(C)cc2)c[nH]1. The molecule has 7 nitrogen and oxygen atoms in total. The number of rotatable bonds is 7. The first kappa shape index (κ1) is 24.7. The van der Waals surface area contributed by atoms with Gasteiger partial charge in [-0.25, -0.2) is 8.42 Å². The van der Waals surface area contributed by atoms with Crippen LogP contribution in [0.1, 0.15) is 37.7 Å². The van der Waals surface area contributed by atoms with E-state index in [2.05, 4.69) is 32.2 Å². The molecule has 1 aromatic heterocycles. The number of sulfone groups is 1. The number of likely N-dealkylation sites (tertiary alicyclic amines) is 1. The van der Waals surface area contributed by atoms with E-state index in [4.69, 9.17) is 4.74 Å². The second kappa shape index (κ2) is 10.6. The van der Waals surface area contributed by atoms with Crippen molar-refractivity contribution in [2.24, 2.45) is 0 Å². The highest BCUT2D eigenvalue weighted by Gasteiger charge is 2.26. The zero-order chi connectivity index (χ0) is 25.1. The summed E-state index contributed by atoms with van der Waals surface area (Å²) in [6.07, 6.45) is 7.97. The van der Waals surface area contributed by atoms with Crippen LogP contribution in [0.4, 0.5) is 17.2 Å². The summed E-state index contributed by atoms with van der Waals surface area (Å²) < 4.78 is 31.7. The van der Waals surface area contributed by atoms with Crippen LogP contribution in [0, 0.1) is 6.92 Å². The number of aromatic nitrogens is 1. The van der Waals surface area contributed by atoms with Crippen LogP contribution in [-0.2, 0) is 9.84 Å². The third kappa shape index (κ3) is 5.25. The maximum Gasteiger partial charge on any atom is 0.208 e. The van der Waals surface area contributed by atoms with Crippen molar-refractivity contribution >= 4 is 27.0 Å². The standard InChI is InChI=1S/C28H36N4O3S/c1-21-6-9-24(10-7-21)36(33,34)25-19-28(29-20-25)30-26-11-8-23(18-27(26)35-2)32-16-12-22(13-17-32)31-14-4-3-5-15-31/h6-11,18-20,22,29-30H,3-5,12-17H2,1-2H3. The van der Waals surface area contributed by atoms with E-state index in [0.717, 1.165) is 35.8 Å². The van der Waals surface area contributed by atoms with E-state index in [1.54, 1.807) is 37.4 Å². The fraction of sp³-hybridized carbons (Fsp3) is 0.429. The second-order valence-corrected chi connectivity index (χ2v) is 11.8. The molecule has 3 aromatic rings. The number of nitrogens with one attached hydrogen (secondary N) is 2. The van der Waals surface area contributed by atoms with Gasteiger partial charge in [0, 0.05) is 37.1 Å². The molecule has 2 saturated heterocycles. The Morgan fingerprint density at radius 2 is 1.64 bits per heavy atom. The molecule has 192 valence electrons. The number of H-pyrrole nitrogens is 1. The molecule has 0 bridgehead atoms. The monoisotopic (exact) mass is 508 g/mol. The smallest absolute Gasteiger partial charge is 0.208 e. The number of nitrogens with zero attached hydrogens (tertiary/aromatic N) is 2. The normalized spacial score (nSPS) is 17.8. The van der Waals surface area contributed by atoms with E-state index in [-0.39, 0.29) is 9.79 Å². The van der Waals surface area contributed by atoms with Gasteiger partial charge in [0.1, 0.15) is 11.6 Å². The molecule has 3 heterocycles. The number of benzene rings is 2. The topological polar surface area (TPSA) is 77.7 Å². The lowest BCUT2D eigenvalue weighted by molar-refractivity contribution is 0.141. The number of aryl methyl sites for hydroxylation is 1. The second-order valence-electron chi connectivity index (χ2n) is 9.89. The van der Waals surface area contributed by atoms with E-state index in [1.165, 1.54) is 51.4 Å². The number of hydrogen-bond acceptors (Lipinski definition) is 6. The fourth-order valence-electron chi connectivity index (χ4n) is 5.35. The highest BCUT2D eigenvalue weighted by atomic mass is 32.2. The molecule has 0 radical (unpaired) electrons. The van der Waals surface area contributed by atoms with Gasteiger partial charge in [-0.3, -0.25) is 0 Å². The third-order valence-electron chi connectivity index (χ3n) is 7.49. The zero-order valence-corrected chi connectivity index (χ0v) is 22.0. The number of aromatic amines is 1. The van der Waals surface area contributed by atoms with Crippen molar-refractivity contribution in [3.63, 3.8) is 0 Å². The molecule has 0 aliphatic carbocycles. The Morgan fingerprint density at radius 3 is 2.33 bits per heavy atom. The van der Waals surface area contributed by atoms with Crippen molar-refractivity contribution in [2.45, 2.75) is 54.9 Å². The van der Waals surface area contributed by atoms with E-state index in [1.807, 2.05) is 13.0 Å². The fourth-order valence-corrected chi connectivity index (χ4v) is 6.61. The molecule has 0 spiro atoms. The first-order valence-corrected chi connectivity index (χ1v) is 14.4. The molecule has 2 N–H and O–H groups in total. The predicted octanol–water partition coefficient (Wildman–Crippen LogP) is 5.36. The van der Waals surface area contributed by atoms with E-state index >= 15 is 0 Å². The van der Waals surface area contributed by atoms with Crippen molar-refractivity contribution < 1.29 is 13.2 Å². The molecule has 5 rings (SSSR count). The van der Waals surface area contributed by atoms with Gasteiger partial charge in [-0.05, 0) is 76.0 Å². The van der Waals surface area contributed by atoms with Crippen LogP contribution in [0.2, 0.25) is 0 Å². The Kier molecular flexibility index (Phi) is 7.25. The Labute approximate surface area is 214 Å². The zero-order valence-electron chi connectivity index (χ0n) is 21.2. The number of hydrogen-bond donors (Lipinski definition) is 2. The molecule has 0 amide bonds. The molecule has 2 aliphatic rings. The van der Waals surface area contributed by atoms with Crippen molar-refractivity contribution in [2.75, 3.05) is 43.5 Å². The van der Waals surface area contributed by atoms with Crippen LogP contribution in [0.5, 0.6) is 5.75 Å². The van der Waals surface area contributed by atoms with Gasteiger partial charge in [-0.2, -0.15) is 0 Å². The quantitative estimate of drug-likeness (QED) is 0.447. The van der Waals surface area contributed by atoms with Gasteiger partial charge >= 0.3 is 0 Å². The lowest BCUT2D eigenvalue weighted by Gasteiger charge is -2.41. The minimum atomic E-state index is -3.59. The molecule has 2 aliphatic heterocycles. The minimum Gasteiger partial charge on any atom is -0.494 e. The summed E-state index contributed by atoms with van der Waals surface area (Å²) >= 11 is 0. The van der Waals surface area contributed by atoms with Gasteiger partial charge in [0.05, 0.1) is 22.6 Å². The van der Waals surface area contributed by atoms with Gasteiger partial charge in [-0.15, -0.1) is 0 Å².